The predicted octanol–water partition coefficient (Wildman–Crippen LogP) is 4.32. The van der Waals surface area contributed by atoms with Crippen molar-refractivity contribution in [2.75, 3.05) is 11.9 Å². The van der Waals surface area contributed by atoms with Gasteiger partial charge in [0, 0.05) is 16.1 Å². The lowest BCUT2D eigenvalue weighted by molar-refractivity contribution is -0.118. The maximum atomic E-state index is 12.1. The van der Waals surface area contributed by atoms with Crippen LogP contribution in [0.1, 0.15) is 10.4 Å². The molecular weight excluding hydrogens is 326 g/mol. The van der Waals surface area contributed by atoms with E-state index in [-0.39, 0.29) is 12.5 Å². The number of aldehydes is 1. The van der Waals surface area contributed by atoms with Gasteiger partial charge in [0.1, 0.15) is 5.75 Å². The molecule has 0 aliphatic rings. The van der Waals surface area contributed by atoms with Crippen LogP contribution < -0.4 is 10.1 Å². The largest absolute Gasteiger partial charge is 0.483 e. The van der Waals surface area contributed by atoms with E-state index in [4.69, 9.17) is 16.3 Å². The van der Waals surface area contributed by atoms with Crippen molar-refractivity contribution in [2.45, 2.75) is 0 Å². The van der Waals surface area contributed by atoms with Gasteiger partial charge in [0.15, 0.2) is 12.9 Å². The van der Waals surface area contributed by atoms with E-state index in [2.05, 4.69) is 5.32 Å². The second-order valence-corrected chi connectivity index (χ2v) is 5.60. The number of rotatable bonds is 5. The maximum absolute atomic E-state index is 12.1. The molecule has 1 amide bonds. The molecule has 3 aromatic rings. The predicted molar refractivity (Wildman–Crippen MR) is 94.9 cm³/mol. The van der Waals surface area contributed by atoms with Crippen molar-refractivity contribution in [3.63, 3.8) is 0 Å². The molecule has 0 bridgehead atoms. The standard InChI is InChI=1S/C19H14ClNO3/c20-15-8-9-18(14(10-15)11-22)24-12-19(23)21-17-7-3-5-13-4-1-2-6-16(13)17/h1-11H,12H2,(H,21,23). The van der Waals surface area contributed by atoms with Crippen molar-refractivity contribution < 1.29 is 14.3 Å². The van der Waals surface area contributed by atoms with Gasteiger partial charge in [-0.25, -0.2) is 0 Å². The van der Waals surface area contributed by atoms with E-state index < -0.39 is 0 Å². The Morgan fingerprint density at radius 2 is 1.88 bits per heavy atom. The quantitative estimate of drug-likeness (QED) is 0.704. The van der Waals surface area contributed by atoms with Crippen LogP contribution in [-0.4, -0.2) is 18.8 Å². The Morgan fingerprint density at radius 1 is 1.08 bits per heavy atom. The van der Waals surface area contributed by atoms with Crippen LogP contribution in [0.15, 0.2) is 60.7 Å². The van der Waals surface area contributed by atoms with Crippen molar-refractivity contribution in [3.8, 4) is 5.75 Å². The molecule has 0 heterocycles. The average molecular weight is 340 g/mol. The third-order valence-electron chi connectivity index (χ3n) is 3.52. The van der Waals surface area contributed by atoms with Gasteiger partial charge < -0.3 is 10.1 Å². The minimum absolute atomic E-state index is 0.203. The first-order chi connectivity index (χ1) is 11.7. The summed E-state index contributed by atoms with van der Waals surface area (Å²) in [5.74, 6) is 0.0145. The molecule has 3 aromatic carbocycles. The summed E-state index contributed by atoms with van der Waals surface area (Å²) in [6.45, 7) is -0.203. The summed E-state index contributed by atoms with van der Waals surface area (Å²) in [6.07, 6.45) is 0.643. The fourth-order valence-electron chi connectivity index (χ4n) is 2.41. The van der Waals surface area contributed by atoms with Gasteiger partial charge in [0.05, 0.1) is 5.56 Å². The molecule has 1 N–H and O–H groups in total. The zero-order chi connectivity index (χ0) is 16.9. The molecule has 0 aliphatic carbocycles. The molecule has 0 aromatic heterocycles. The van der Waals surface area contributed by atoms with Gasteiger partial charge >= 0.3 is 0 Å². The highest BCUT2D eigenvalue weighted by atomic mass is 35.5. The Balaban J connectivity index is 1.71. The summed E-state index contributed by atoms with van der Waals surface area (Å²) in [7, 11) is 0. The van der Waals surface area contributed by atoms with E-state index in [1.807, 2.05) is 42.5 Å². The van der Waals surface area contributed by atoms with Gasteiger partial charge in [0.2, 0.25) is 0 Å². The SMILES string of the molecule is O=Cc1cc(Cl)ccc1OCC(=O)Nc1cccc2ccccc12. The normalized spacial score (nSPS) is 10.4. The third kappa shape index (κ3) is 3.55. The molecule has 0 saturated heterocycles. The fourth-order valence-corrected chi connectivity index (χ4v) is 2.59. The average Bonchev–Trinajstić information content (AvgIpc) is 2.61. The van der Waals surface area contributed by atoms with Crippen molar-refractivity contribution in [2.24, 2.45) is 0 Å². The smallest absolute Gasteiger partial charge is 0.262 e. The summed E-state index contributed by atoms with van der Waals surface area (Å²) in [4.78, 5) is 23.2. The molecule has 0 saturated carbocycles. The molecule has 3 rings (SSSR count). The highest BCUT2D eigenvalue weighted by Crippen LogP contribution is 2.24. The number of carbonyl (C=O) groups is 2. The first kappa shape index (κ1) is 16.0. The van der Waals surface area contributed by atoms with Crippen molar-refractivity contribution in [3.05, 3.63) is 71.2 Å². The Morgan fingerprint density at radius 3 is 2.71 bits per heavy atom. The first-order valence-electron chi connectivity index (χ1n) is 7.32. The summed E-state index contributed by atoms with van der Waals surface area (Å²) < 4.78 is 5.43. The second kappa shape index (κ2) is 7.15. The Bertz CT molecular complexity index is 903. The maximum Gasteiger partial charge on any atom is 0.262 e. The Kier molecular flexibility index (Phi) is 4.77. The number of halogens is 1. The minimum Gasteiger partial charge on any atom is -0.483 e. The molecule has 0 fully saturated rings. The zero-order valence-corrected chi connectivity index (χ0v) is 13.4. The third-order valence-corrected chi connectivity index (χ3v) is 3.76. The van der Waals surface area contributed by atoms with Gasteiger partial charge in [-0.2, -0.15) is 0 Å². The van der Waals surface area contributed by atoms with Crippen LogP contribution in [0.4, 0.5) is 5.69 Å². The van der Waals surface area contributed by atoms with E-state index in [9.17, 15) is 9.59 Å². The molecule has 5 heteroatoms. The minimum atomic E-state index is -0.307. The number of fused-ring (bicyclic) bond motifs is 1. The van der Waals surface area contributed by atoms with Crippen molar-refractivity contribution in [1.29, 1.82) is 0 Å². The molecule has 120 valence electrons. The molecule has 0 unspecified atom stereocenters. The lowest BCUT2D eigenvalue weighted by atomic mass is 10.1. The van der Waals surface area contributed by atoms with Crippen LogP contribution in [0.2, 0.25) is 5.02 Å². The number of hydrogen-bond acceptors (Lipinski definition) is 3. The zero-order valence-electron chi connectivity index (χ0n) is 12.7. The lowest BCUT2D eigenvalue weighted by Gasteiger charge is -2.11. The summed E-state index contributed by atoms with van der Waals surface area (Å²) in [5.41, 5.74) is 1.02. The molecular formula is C19H14ClNO3. The Labute approximate surface area is 144 Å². The van der Waals surface area contributed by atoms with Gasteiger partial charge in [0.25, 0.3) is 5.91 Å². The first-order valence-corrected chi connectivity index (χ1v) is 7.70. The van der Waals surface area contributed by atoms with Gasteiger partial charge in [-0.3, -0.25) is 9.59 Å². The number of amides is 1. The van der Waals surface area contributed by atoms with E-state index in [1.165, 1.54) is 6.07 Å². The van der Waals surface area contributed by atoms with E-state index in [0.29, 0.717) is 28.3 Å². The number of benzene rings is 3. The number of ether oxygens (including phenoxy) is 1. The van der Waals surface area contributed by atoms with Crippen LogP contribution in [0.25, 0.3) is 10.8 Å². The summed E-state index contributed by atoms with van der Waals surface area (Å²) in [5, 5.41) is 5.25. The van der Waals surface area contributed by atoms with Crippen LogP contribution in [0.3, 0.4) is 0 Å². The molecule has 0 aliphatic heterocycles. The molecule has 4 nitrogen and oxygen atoms in total. The van der Waals surface area contributed by atoms with Gasteiger partial charge in [-0.1, -0.05) is 48.0 Å². The number of anilines is 1. The number of carbonyl (C=O) groups excluding carboxylic acids is 2. The second-order valence-electron chi connectivity index (χ2n) is 5.16. The monoisotopic (exact) mass is 339 g/mol. The van der Waals surface area contributed by atoms with E-state index in [0.717, 1.165) is 10.8 Å². The topological polar surface area (TPSA) is 55.4 Å². The lowest BCUT2D eigenvalue weighted by Crippen LogP contribution is -2.20. The highest BCUT2D eigenvalue weighted by molar-refractivity contribution is 6.30. The van der Waals surface area contributed by atoms with Crippen LogP contribution in [-0.2, 0) is 4.79 Å². The van der Waals surface area contributed by atoms with Gasteiger partial charge in [-0.05, 0) is 29.7 Å². The van der Waals surface area contributed by atoms with Crippen LogP contribution in [0.5, 0.6) is 5.75 Å². The van der Waals surface area contributed by atoms with E-state index >= 15 is 0 Å². The Hall–Kier alpha value is -2.85. The van der Waals surface area contributed by atoms with E-state index in [1.54, 1.807) is 12.1 Å². The summed E-state index contributed by atoms with van der Waals surface area (Å²) >= 11 is 5.83. The molecule has 0 spiro atoms. The molecule has 24 heavy (non-hydrogen) atoms. The number of nitrogens with one attached hydrogen (secondary N) is 1. The highest BCUT2D eigenvalue weighted by Gasteiger charge is 2.09. The molecule has 0 radical (unpaired) electrons. The van der Waals surface area contributed by atoms with Gasteiger partial charge in [-0.15, -0.1) is 0 Å². The number of hydrogen-bond donors (Lipinski definition) is 1. The van der Waals surface area contributed by atoms with Crippen molar-refractivity contribution in [1.82, 2.24) is 0 Å². The fraction of sp³-hybridized carbons (Fsp3) is 0.0526. The molecule has 0 atom stereocenters. The van der Waals surface area contributed by atoms with Crippen molar-refractivity contribution >= 4 is 40.3 Å². The van der Waals surface area contributed by atoms with Crippen LogP contribution >= 0.6 is 11.6 Å². The summed E-state index contributed by atoms with van der Waals surface area (Å²) in [6, 6.07) is 18.1. The van der Waals surface area contributed by atoms with Crippen LogP contribution in [0, 0.1) is 0 Å².